The van der Waals surface area contributed by atoms with Crippen molar-refractivity contribution in [3.05, 3.63) is 57.8 Å². The number of benzene rings is 1. The lowest BCUT2D eigenvalue weighted by molar-refractivity contribution is -0.0504. The summed E-state index contributed by atoms with van der Waals surface area (Å²) in [6.07, 6.45) is 3.05. The highest BCUT2D eigenvalue weighted by molar-refractivity contribution is 6.35. The number of alkyl halides is 2. The average molecular weight is 446 g/mol. The van der Waals surface area contributed by atoms with E-state index in [0.29, 0.717) is 30.2 Å². The molecule has 3 N–H and O–H groups in total. The molecular weight excluding hydrogens is 427 g/mol. The molecule has 29 heavy (non-hydrogen) atoms. The minimum Gasteiger partial charge on any atom is -0.433 e. The molecule has 0 aliphatic heterocycles. The van der Waals surface area contributed by atoms with Crippen molar-refractivity contribution in [2.24, 2.45) is 4.99 Å². The first-order chi connectivity index (χ1) is 13.9. The van der Waals surface area contributed by atoms with Gasteiger partial charge < -0.3 is 20.7 Å². The Bertz CT molecular complexity index is 854. The first kappa shape index (κ1) is 22.6. The predicted octanol–water partition coefficient (Wildman–Crippen LogP) is 3.08. The van der Waals surface area contributed by atoms with Crippen LogP contribution in [0.5, 0.6) is 5.75 Å². The minimum atomic E-state index is -3.02. The number of nitrogens with one attached hydrogen (secondary N) is 3. The number of hydrogen-bond acceptors (Lipinski definition) is 4. The molecule has 0 aliphatic carbocycles. The van der Waals surface area contributed by atoms with Crippen LogP contribution in [-0.2, 0) is 6.54 Å². The fourth-order valence-corrected chi connectivity index (χ4v) is 2.90. The quantitative estimate of drug-likeness (QED) is 0.330. The van der Waals surface area contributed by atoms with E-state index in [1.807, 2.05) is 0 Å². The lowest BCUT2D eigenvalue weighted by Crippen LogP contribution is -2.41. The van der Waals surface area contributed by atoms with E-state index in [1.165, 1.54) is 18.3 Å². The molecule has 0 fully saturated rings. The van der Waals surface area contributed by atoms with E-state index in [2.05, 4.69) is 30.7 Å². The standard InChI is InChI=1S/C18H19Cl2F2N5O2/c1-23-18(26-6-5-25-16(28)11-3-2-4-24-9-11)27-10-12-7-13(19)8-14(20)15(12)29-17(21)22/h2-4,7-9,17H,5-6,10H2,1H3,(H,25,28)(H2,23,26,27). The van der Waals surface area contributed by atoms with Gasteiger partial charge in [-0.15, -0.1) is 0 Å². The van der Waals surface area contributed by atoms with Gasteiger partial charge in [0.1, 0.15) is 5.75 Å². The van der Waals surface area contributed by atoms with Crippen molar-refractivity contribution in [1.82, 2.24) is 20.9 Å². The molecule has 7 nitrogen and oxygen atoms in total. The van der Waals surface area contributed by atoms with Gasteiger partial charge in [0.05, 0.1) is 10.6 Å². The van der Waals surface area contributed by atoms with Crippen LogP contribution in [0.1, 0.15) is 15.9 Å². The Morgan fingerprint density at radius 2 is 2.00 bits per heavy atom. The number of rotatable bonds is 8. The van der Waals surface area contributed by atoms with Gasteiger partial charge in [-0.05, 0) is 24.3 Å². The van der Waals surface area contributed by atoms with Crippen LogP contribution in [0, 0.1) is 0 Å². The van der Waals surface area contributed by atoms with Crippen molar-refractivity contribution in [3.8, 4) is 5.75 Å². The minimum absolute atomic E-state index is 0.0179. The number of pyridine rings is 1. The second kappa shape index (κ2) is 11.4. The number of aromatic nitrogens is 1. The zero-order valence-corrected chi connectivity index (χ0v) is 16.9. The largest absolute Gasteiger partial charge is 0.433 e. The number of carbonyl (C=O) groups excluding carboxylic acids is 1. The molecule has 156 valence electrons. The molecule has 11 heteroatoms. The van der Waals surface area contributed by atoms with Crippen LogP contribution < -0.4 is 20.7 Å². The Morgan fingerprint density at radius 1 is 1.24 bits per heavy atom. The third-order valence-corrected chi connectivity index (χ3v) is 4.09. The highest BCUT2D eigenvalue weighted by atomic mass is 35.5. The smallest absolute Gasteiger partial charge is 0.387 e. The van der Waals surface area contributed by atoms with Gasteiger partial charge in [-0.25, -0.2) is 0 Å². The molecule has 0 unspecified atom stereocenters. The maximum absolute atomic E-state index is 12.6. The molecule has 0 saturated heterocycles. The first-order valence-electron chi connectivity index (χ1n) is 8.46. The topological polar surface area (TPSA) is 87.6 Å². The lowest BCUT2D eigenvalue weighted by atomic mass is 10.2. The molecule has 0 bridgehead atoms. The number of hydrogen-bond donors (Lipinski definition) is 3. The number of carbonyl (C=O) groups is 1. The van der Waals surface area contributed by atoms with Crippen LogP contribution >= 0.6 is 23.2 Å². The van der Waals surface area contributed by atoms with Crippen molar-refractivity contribution in [2.45, 2.75) is 13.2 Å². The Labute approximate surface area is 176 Å². The Morgan fingerprint density at radius 3 is 2.66 bits per heavy atom. The number of amides is 1. The summed E-state index contributed by atoms with van der Waals surface area (Å²) in [5, 5.41) is 8.94. The van der Waals surface area contributed by atoms with Crippen LogP contribution in [-0.4, -0.2) is 43.6 Å². The Kier molecular flexibility index (Phi) is 8.88. The van der Waals surface area contributed by atoms with Gasteiger partial charge in [0.15, 0.2) is 5.96 Å². The van der Waals surface area contributed by atoms with Gasteiger partial charge in [0, 0.05) is 49.7 Å². The van der Waals surface area contributed by atoms with Crippen LogP contribution in [0.3, 0.4) is 0 Å². The van der Waals surface area contributed by atoms with Gasteiger partial charge in [-0.1, -0.05) is 23.2 Å². The van der Waals surface area contributed by atoms with Crippen LogP contribution in [0.4, 0.5) is 8.78 Å². The average Bonchev–Trinajstić information content (AvgIpc) is 2.70. The normalized spacial score (nSPS) is 11.3. The van der Waals surface area contributed by atoms with Crippen LogP contribution in [0.25, 0.3) is 0 Å². The van der Waals surface area contributed by atoms with E-state index in [1.54, 1.807) is 25.4 Å². The molecule has 2 aromatic rings. The lowest BCUT2D eigenvalue weighted by Gasteiger charge is -2.16. The molecule has 1 amide bonds. The fourth-order valence-electron chi connectivity index (χ4n) is 2.32. The maximum Gasteiger partial charge on any atom is 0.387 e. The molecule has 0 saturated carbocycles. The van der Waals surface area contributed by atoms with Gasteiger partial charge in [0.25, 0.3) is 5.91 Å². The van der Waals surface area contributed by atoms with Gasteiger partial charge in [-0.2, -0.15) is 8.78 Å². The number of guanidine groups is 1. The third-order valence-electron chi connectivity index (χ3n) is 3.59. The second-order valence-electron chi connectivity index (χ2n) is 5.60. The molecule has 0 aliphatic rings. The second-order valence-corrected chi connectivity index (χ2v) is 6.45. The summed E-state index contributed by atoms with van der Waals surface area (Å²) in [7, 11) is 1.55. The third kappa shape index (κ3) is 7.35. The molecule has 0 atom stereocenters. The summed E-state index contributed by atoms with van der Waals surface area (Å²) in [5.74, 6) is -0.0114. The van der Waals surface area contributed by atoms with Crippen molar-refractivity contribution < 1.29 is 18.3 Å². The molecule has 1 aromatic carbocycles. The van der Waals surface area contributed by atoms with E-state index < -0.39 is 6.61 Å². The molecule has 2 rings (SSSR count). The van der Waals surface area contributed by atoms with Crippen molar-refractivity contribution in [2.75, 3.05) is 20.1 Å². The van der Waals surface area contributed by atoms with Gasteiger partial charge in [-0.3, -0.25) is 14.8 Å². The summed E-state index contributed by atoms with van der Waals surface area (Å²) in [6, 6.07) is 6.13. The van der Waals surface area contributed by atoms with E-state index in [4.69, 9.17) is 23.2 Å². The maximum atomic E-state index is 12.6. The fraction of sp³-hybridized carbons (Fsp3) is 0.278. The number of halogens is 4. The molecule has 1 aromatic heterocycles. The first-order valence-corrected chi connectivity index (χ1v) is 9.21. The van der Waals surface area contributed by atoms with E-state index in [-0.39, 0.29) is 28.2 Å². The number of ether oxygens (including phenoxy) is 1. The number of aliphatic imine (C=N–C) groups is 1. The predicted molar refractivity (Wildman–Crippen MR) is 108 cm³/mol. The zero-order chi connectivity index (χ0) is 21.2. The Hall–Kier alpha value is -2.65. The molecule has 1 heterocycles. The van der Waals surface area contributed by atoms with Crippen LogP contribution in [0.15, 0.2) is 41.7 Å². The highest BCUT2D eigenvalue weighted by Crippen LogP contribution is 2.33. The van der Waals surface area contributed by atoms with Crippen molar-refractivity contribution in [1.29, 1.82) is 0 Å². The van der Waals surface area contributed by atoms with Crippen molar-refractivity contribution in [3.63, 3.8) is 0 Å². The molecular formula is C18H19Cl2F2N5O2. The SMILES string of the molecule is CN=C(NCCNC(=O)c1cccnc1)NCc1cc(Cl)cc(Cl)c1OC(F)F. The zero-order valence-electron chi connectivity index (χ0n) is 15.4. The van der Waals surface area contributed by atoms with Crippen LogP contribution in [0.2, 0.25) is 10.0 Å². The summed E-state index contributed by atoms with van der Waals surface area (Å²) >= 11 is 11.9. The van der Waals surface area contributed by atoms with E-state index >= 15 is 0 Å². The monoisotopic (exact) mass is 445 g/mol. The van der Waals surface area contributed by atoms with Gasteiger partial charge >= 0.3 is 6.61 Å². The molecule has 0 spiro atoms. The molecule has 0 radical (unpaired) electrons. The van der Waals surface area contributed by atoms with E-state index in [0.717, 1.165) is 0 Å². The Balaban J connectivity index is 1.86. The summed E-state index contributed by atoms with van der Waals surface area (Å²) in [4.78, 5) is 19.8. The van der Waals surface area contributed by atoms with Crippen molar-refractivity contribution >= 4 is 35.1 Å². The van der Waals surface area contributed by atoms with Gasteiger partial charge in [0.2, 0.25) is 0 Å². The van der Waals surface area contributed by atoms with E-state index in [9.17, 15) is 13.6 Å². The highest BCUT2D eigenvalue weighted by Gasteiger charge is 2.15. The summed E-state index contributed by atoms with van der Waals surface area (Å²) in [5.41, 5.74) is 0.801. The summed E-state index contributed by atoms with van der Waals surface area (Å²) in [6.45, 7) is -2.22. The summed E-state index contributed by atoms with van der Waals surface area (Å²) < 4.78 is 29.7. The number of nitrogens with zero attached hydrogens (tertiary/aromatic N) is 2.